The van der Waals surface area contributed by atoms with Gasteiger partial charge in [-0.15, -0.1) is 10.2 Å². The second kappa shape index (κ2) is 13.7. The molecule has 1 aliphatic heterocycles. The van der Waals surface area contributed by atoms with Crippen LogP contribution in [0.1, 0.15) is 58.9 Å². The van der Waals surface area contributed by atoms with Gasteiger partial charge in [0, 0.05) is 17.0 Å². The average Bonchev–Trinajstić information content (AvgIpc) is 3.86. The third-order valence-corrected chi connectivity index (χ3v) is 10.1. The Bertz CT molecular complexity index is 1950. The van der Waals surface area contributed by atoms with E-state index in [2.05, 4.69) is 29.2 Å². The molecular weight excluding hydrogens is 640 g/mol. The zero-order valence-corrected chi connectivity index (χ0v) is 27.0. The number of nitrogens with zero attached hydrogens (tertiary/aromatic N) is 6. The highest BCUT2D eigenvalue weighted by atomic mass is 32.2. The smallest absolute Gasteiger partial charge is 0.316 e. The Labute approximate surface area is 279 Å². The summed E-state index contributed by atoms with van der Waals surface area (Å²) in [5, 5.41) is 9.92. The minimum Gasteiger partial charge on any atom is -0.316 e. The Kier molecular flexibility index (Phi) is 9.19. The zero-order valence-electron chi connectivity index (χ0n) is 26.2. The highest BCUT2D eigenvalue weighted by Gasteiger charge is 2.30. The largest absolute Gasteiger partial charge is 0.416 e. The van der Waals surface area contributed by atoms with Crippen LogP contribution >= 0.6 is 11.8 Å². The molecule has 2 aliphatic rings. The summed E-state index contributed by atoms with van der Waals surface area (Å²) in [6.45, 7) is 3.57. The highest BCUT2D eigenvalue weighted by molar-refractivity contribution is 7.98. The van der Waals surface area contributed by atoms with Crippen molar-refractivity contribution in [3.8, 4) is 11.1 Å². The van der Waals surface area contributed by atoms with E-state index in [1.165, 1.54) is 36.0 Å². The molecule has 1 saturated heterocycles. The molecule has 0 spiro atoms. The molecule has 0 unspecified atom stereocenters. The third kappa shape index (κ3) is 7.09. The van der Waals surface area contributed by atoms with E-state index in [4.69, 9.17) is 0 Å². The molecule has 0 saturated carbocycles. The maximum atomic E-state index is 13.5. The van der Waals surface area contributed by atoms with Crippen LogP contribution in [0.25, 0.3) is 11.1 Å². The molecule has 0 radical (unpaired) electrons. The molecule has 1 aliphatic carbocycles. The SMILES string of the molecule is O=c1nc(SCc2ccc(F)cc2)n(Cc2nnc(CN3CCCC3)n2Cc2ccc(-c3ccc(C(F)(F)F)cc3)cc2)c2c1CCC2. The van der Waals surface area contributed by atoms with E-state index in [1.54, 1.807) is 12.1 Å². The Morgan fingerprint density at radius 1 is 0.708 bits per heavy atom. The van der Waals surface area contributed by atoms with Crippen LogP contribution in [0.15, 0.2) is 82.7 Å². The fourth-order valence-electron chi connectivity index (χ4n) is 6.50. The number of rotatable bonds is 10. The van der Waals surface area contributed by atoms with E-state index in [0.29, 0.717) is 42.5 Å². The van der Waals surface area contributed by atoms with Gasteiger partial charge in [0.1, 0.15) is 11.6 Å². The number of fused-ring (bicyclic) bond motifs is 1. The minimum absolute atomic E-state index is 0.190. The van der Waals surface area contributed by atoms with Crippen molar-refractivity contribution < 1.29 is 17.6 Å². The van der Waals surface area contributed by atoms with Gasteiger partial charge in [0.25, 0.3) is 5.56 Å². The van der Waals surface area contributed by atoms with Crippen molar-refractivity contribution in [1.82, 2.24) is 29.2 Å². The first kappa shape index (κ1) is 32.3. The summed E-state index contributed by atoms with van der Waals surface area (Å²) in [6.07, 6.45) is 0.280. The maximum Gasteiger partial charge on any atom is 0.416 e. The van der Waals surface area contributed by atoms with Gasteiger partial charge in [-0.2, -0.15) is 18.2 Å². The van der Waals surface area contributed by atoms with Gasteiger partial charge in [-0.25, -0.2) is 4.39 Å². The van der Waals surface area contributed by atoms with Crippen LogP contribution in [0, 0.1) is 5.82 Å². The summed E-state index contributed by atoms with van der Waals surface area (Å²) in [7, 11) is 0. The predicted octanol–water partition coefficient (Wildman–Crippen LogP) is 7.13. The summed E-state index contributed by atoms with van der Waals surface area (Å²) >= 11 is 1.45. The highest BCUT2D eigenvalue weighted by Crippen LogP contribution is 2.32. The summed E-state index contributed by atoms with van der Waals surface area (Å²) < 4.78 is 56.9. The number of likely N-dealkylation sites (tertiary alicyclic amines) is 1. The van der Waals surface area contributed by atoms with Gasteiger partial charge in [-0.05, 0) is 91.7 Å². The maximum absolute atomic E-state index is 13.5. The molecule has 7 nitrogen and oxygen atoms in total. The van der Waals surface area contributed by atoms with Crippen molar-refractivity contribution in [2.24, 2.45) is 0 Å². The van der Waals surface area contributed by atoms with E-state index in [-0.39, 0.29) is 11.4 Å². The lowest BCUT2D eigenvalue weighted by atomic mass is 10.0. The Morgan fingerprint density at radius 3 is 2.00 bits per heavy atom. The standard InChI is InChI=1S/C36H34F4N6OS/c37-29-16-8-25(9-17-29)23-48-35-41-34(47)30-4-3-5-31(30)45(35)22-33-43-42-32(21-44-18-1-2-19-44)46(33)20-24-6-10-26(11-7-24)27-12-14-28(15-13-27)36(38,39)40/h6-17H,1-5,18-23H2. The normalized spacial score (nSPS) is 14.9. The number of benzene rings is 3. The van der Waals surface area contributed by atoms with Crippen LogP contribution in [0.3, 0.4) is 0 Å². The second-order valence-electron chi connectivity index (χ2n) is 12.4. The molecular formula is C36H34F4N6OS. The van der Waals surface area contributed by atoms with Crippen LogP contribution in [0.4, 0.5) is 17.6 Å². The van der Waals surface area contributed by atoms with Crippen LogP contribution in [-0.2, 0) is 44.4 Å². The van der Waals surface area contributed by atoms with Crippen molar-refractivity contribution in [2.75, 3.05) is 13.1 Å². The molecule has 5 aromatic rings. The lowest BCUT2D eigenvalue weighted by Crippen LogP contribution is -2.24. The van der Waals surface area contributed by atoms with Gasteiger partial charge >= 0.3 is 6.18 Å². The zero-order chi connectivity index (χ0) is 33.3. The van der Waals surface area contributed by atoms with Crippen LogP contribution in [-0.4, -0.2) is 42.3 Å². The molecule has 0 amide bonds. The number of halogens is 4. The molecule has 0 bridgehead atoms. The molecule has 1 fully saturated rings. The topological polar surface area (TPSA) is 68.8 Å². The molecule has 0 N–H and O–H groups in total. The van der Waals surface area contributed by atoms with Gasteiger partial charge in [0.2, 0.25) is 0 Å². The third-order valence-electron chi connectivity index (χ3n) is 9.09. The molecule has 3 aromatic carbocycles. The first-order chi connectivity index (χ1) is 23.2. The van der Waals surface area contributed by atoms with E-state index in [9.17, 15) is 22.4 Å². The molecule has 3 heterocycles. The summed E-state index contributed by atoms with van der Waals surface area (Å²) in [4.78, 5) is 19.9. The molecule has 12 heteroatoms. The van der Waals surface area contributed by atoms with E-state index in [1.807, 2.05) is 24.3 Å². The number of aromatic nitrogens is 5. The first-order valence-electron chi connectivity index (χ1n) is 16.1. The molecule has 0 atom stereocenters. The fourth-order valence-corrected chi connectivity index (χ4v) is 7.46. The Hall–Kier alpha value is -4.29. The number of hydrogen-bond acceptors (Lipinski definition) is 6. The van der Waals surface area contributed by atoms with E-state index < -0.39 is 11.7 Å². The molecule has 2 aromatic heterocycles. The van der Waals surface area contributed by atoms with Gasteiger partial charge in [0.15, 0.2) is 11.0 Å². The van der Waals surface area contributed by atoms with Crippen LogP contribution in [0.2, 0.25) is 0 Å². The Morgan fingerprint density at radius 2 is 1.33 bits per heavy atom. The van der Waals surface area contributed by atoms with Gasteiger partial charge in [-0.3, -0.25) is 9.69 Å². The number of alkyl halides is 3. The van der Waals surface area contributed by atoms with Crippen molar-refractivity contribution in [2.45, 2.75) is 68.8 Å². The summed E-state index contributed by atoms with van der Waals surface area (Å²) in [6, 6.07) is 19.3. The fraction of sp³-hybridized carbons (Fsp3) is 0.333. The van der Waals surface area contributed by atoms with E-state index >= 15 is 0 Å². The predicted molar refractivity (Wildman–Crippen MR) is 176 cm³/mol. The number of hydrogen-bond donors (Lipinski definition) is 0. The Balaban J connectivity index is 1.19. The quantitative estimate of drug-likeness (QED) is 0.0892. The van der Waals surface area contributed by atoms with Crippen molar-refractivity contribution >= 4 is 11.8 Å². The molecule has 7 rings (SSSR count). The van der Waals surface area contributed by atoms with Gasteiger partial charge in [0.05, 0.1) is 25.2 Å². The minimum atomic E-state index is -4.38. The molecule has 48 heavy (non-hydrogen) atoms. The van der Waals surface area contributed by atoms with Gasteiger partial charge in [-0.1, -0.05) is 60.3 Å². The van der Waals surface area contributed by atoms with Crippen molar-refractivity contribution in [3.05, 3.63) is 129 Å². The lowest BCUT2D eigenvalue weighted by Gasteiger charge is -2.19. The monoisotopic (exact) mass is 674 g/mol. The van der Waals surface area contributed by atoms with Crippen LogP contribution in [0.5, 0.6) is 0 Å². The van der Waals surface area contributed by atoms with Crippen molar-refractivity contribution in [3.63, 3.8) is 0 Å². The summed E-state index contributed by atoms with van der Waals surface area (Å²) in [5.41, 5.74) is 4.34. The summed E-state index contributed by atoms with van der Waals surface area (Å²) in [5.74, 6) is 1.84. The lowest BCUT2D eigenvalue weighted by molar-refractivity contribution is -0.137. The van der Waals surface area contributed by atoms with Crippen molar-refractivity contribution in [1.29, 1.82) is 0 Å². The second-order valence-corrected chi connectivity index (χ2v) is 13.3. The van der Waals surface area contributed by atoms with E-state index in [0.717, 1.165) is 90.5 Å². The van der Waals surface area contributed by atoms with Gasteiger partial charge < -0.3 is 9.13 Å². The first-order valence-corrected chi connectivity index (χ1v) is 17.1. The number of thioether (sulfide) groups is 1. The average molecular weight is 675 g/mol. The molecule has 248 valence electrons. The van der Waals surface area contributed by atoms with Crippen LogP contribution < -0.4 is 5.56 Å².